The van der Waals surface area contributed by atoms with Crippen molar-refractivity contribution in [3.8, 4) is 0 Å². The lowest BCUT2D eigenvalue weighted by Crippen LogP contribution is -2.05. The zero-order valence-electron chi connectivity index (χ0n) is 8.34. The maximum atomic E-state index is 5.79. The summed E-state index contributed by atoms with van der Waals surface area (Å²) in [6.07, 6.45) is 0. The predicted molar refractivity (Wildman–Crippen MR) is 60.8 cm³/mol. The van der Waals surface area contributed by atoms with Gasteiger partial charge in [-0.3, -0.25) is 0 Å². The van der Waals surface area contributed by atoms with Crippen molar-refractivity contribution in [3.05, 3.63) is 33.8 Å². The molecule has 2 heteroatoms. The Bertz CT molecular complexity index is 292. The molecule has 0 saturated heterocycles. The smallest absolute Gasteiger partial charge is 0.0266 e. The van der Waals surface area contributed by atoms with E-state index in [9.17, 15) is 0 Å². The molecule has 1 rings (SSSR count). The van der Waals surface area contributed by atoms with Gasteiger partial charge in [0.15, 0.2) is 0 Å². The van der Waals surface area contributed by atoms with E-state index in [0.29, 0.717) is 5.92 Å². The molecule has 1 unspecified atom stereocenters. The van der Waals surface area contributed by atoms with E-state index in [1.54, 1.807) is 0 Å². The lowest BCUT2D eigenvalue weighted by atomic mass is 10.00. The largest absolute Gasteiger partial charge is 0.324 e. The molecule has 0 aliphatic carbocycles. The molecule has 72 valence electrons. The Labute approximate surface area is 88.5 Å². The molecule has 0 aromatic heterocycles. The van der Waals surface area contributed by atoms with Crippen LogP contribution in [0.1, 0.15) is 43.9 Å². The van der Waals surface area contributed by atoms with Crippen molar-refractivity contribution in [1.29, 1.82) is 0 Å². The number of benzene rings is 1. The SMILES string of the molecule is CC(C)c1ccc(C(C)N)cc1Br. The van der Waals surface area contributed by atoms with E-state index in [-0.39, 0.29) is 6.04 Å². The molecule has 2 N–H and O–H groups in total. The highest BCUT2D eigenvalue weighted by molar-refractivity contribution is 9.10. The Morgan fingerprint density at radius 1 is 1.23 bits per heavy atom. The van der Waals surface area contributed by atoms with Gasteiger partial charge in [-0.2, -0.15) is 0 Å². The van der Waals surface area contributed by atoms with Gasteiger partial charge in [0.1, 0.15) is 0 Å². The average Bonchev–Trinajstić information content (AvgIpc) is 2.03. The Balaban J connectivity index is 3.06. The maximum Gasteiger partial charge on any atom is 0.0266 e. The van der Waals surface area contributed by atoms with Gasteiger partial charge in [0.2, 0.25) is 0 Å². The zero-order valence-corrected chi connectivity index (χ0v) is 9.93. The standard InChI is InChI=1S/C11H16BrN/c1-7(2)10-5-4-9(8(3)13)6-11(10)12/h4-8H,13H2,1-3H3. The molecule has 0 saturated carbocycles. The third kappa shape index (κ3) is 2.55. The van der Waals surface area contributed by atoms with Gasteiger partial charge in [0.25, 0.3) is 0 Å². The summed E-state index contributed by atoms with van der Waals surface area (Å²) in [6.45, 7) is 6.37. The molecule has 0 bridgehead atoms. The van der Waals surface area contributed by atoms with Gasteiger partial charge in [0.05, 0.1) is 0 Å². The van der Waals surface area contributed by atoms with Crippen LogP contribution in [0.2, 0.25) is 0 Å². The Kier molecular flexibility index (Phi) is 3.51. The third-order valence-electron chi connectivity index (χ3n) is 2.17. The quantitative estimate of drug-likeness (QED) is 0.842. The highest BCUT2D eigenvalue weighted by Gasteiger charge is 2.06. The number of rotatable bonds is 2. The van der Waals surface area contributed by atoms with E-state index in [4.69, 9.17) is 5.73 Å². The van der Waals surface area contributed by atoms with E-state index < -0.39 is 0 Å². The van der Waals surface area contributed by atoms with Crippen LogP contribution in [0.5, 0.6) is 0 Å². The Hall–Kier alpha value is -0.340. The molecule has 1 nitrogen and oxygen atoms in total. The van der Waals surface area contributed by atoms with Gasteiger partial charge >= 0.3 is 0 Å². The van der Waals surface area contributed by atoms with Crippen LogP contribution in [0.4, 0.5) is 0 Å². The van der Waals surface area contributed by atoms with Crippen molar-refractivity contribution in [2.24, 2.45) is 5.73 Å². The molecule has 0 fully saturated rings. The molecule has 1 aromatic rings. The summed E-state index contributed by atoms with van der Waals surface area (Å²) in [5.74, 6) is 0.552. The van der Waals surface area contributed by atoms with E-state index in [2.05, 4.69) is 48.0 Å². The molecule has 1 atom stereocenters. The van der Waals surface area contributed by atoms with Crippen LogP contribution in [-0.2, 0) is 0 Å². The topological polar surface area (TPSA) is 26.0 Å². The van der Waals surface area contributed by atoms with Crippen LogP contribution in [0.15, 0.2) is 22.7 Å². The summed E-state index contributed by atoms with van der Waals surface area (Å²) < 4.78 is 1.16. The van der Waals surface area contributed by atoms with Crippen LogP contribution in [0, 0.1) is 0 Å². The number of halogens is 1. The van der Waals surface area contributed by atoms with Gasteiger partial charge < -0.3 is 5.73 Å². The number of hydrogen-bond acceptors (Lipinski definition) is 1. The van der Waals surface area contributed by atoms with Gasteiger partial charge in [-0.05, 0) is 30.0 Å². The van der Waals surface area contributed by atoms with E-state index >= 15 is 0 Å². The minimum Gasteiger partial charge on any atom is -0.324 e. The summed E-state index contributed by atoms with van der Waals surface area (Å²) in [7, 11) is 0. The van der Waals surface area contributed by atoms with Crippen molar-refractivity contribution in [3.63, 3.8) is 0 Å². The second kappa shape index (κ2) is 4.25. The molecule has 0 amide bonds. The summed E-state index contributed by atoms with van der Waals surface area (Å²) >= 11 is 3.56. The average molecular weight is 242 g/mol. The molecule has 0 aliphatic heterocycles. The van der Waals surface area contributed by atoms with Crippen molar-refractivity contribution < 1.29 is 0 Å². The third-order valence-corrected chi connectivity index (χ3v) is 2.86. The second-order valence-corrected chi connectivity index (χ2v) is 4.58. The van der Waals surface area contributed by atoms with Crippen molar-refractivity contribution in [2.75, 3.05) is 0 Å². The van der Waals surface area contributed by atoms with Crippen LogP contribution in [-0.4, -0.2) is 0 Å². The first-order valence-electron chi connectivity index (χ1n) is 4.57. The monoisotopic (exact) mass is 241 g/mol. The van der Waals surface area contributed by atoms with Gasteiger partial charge in [-0.25, -0.2) is 0 Å². The van der Waals surface area contributed by atoms with Crippen LogP contribution < -0.4 is 5.73 Å². The lowest BCUT2D eigenvalue weighted by molar-refractivity contribution is 0.808. The fourth-order valence-electron chi connectivity index (χ4n) is 1.29. The fraction of sp³-hybridized carbons (Fsp3) is 0.455. The van der Waals surface area contributed by atoms with E-state index in [1.807, 2.05) is 6.92 Å². The van der Waals surface area contributed by atoms with Crippen LogP contribution in [0.25, 0.3) is 0 Å². The van der Waals surface area contributed by atoms with Crippen molar-refractivity contribution in [2.45, 2.75) is 32.7 Å². The number of hydrogen-bond donors (Lipinski definition) is 1. The maximum absolute atomic E-state index is 5.79. The van der Waals surface area contributed by atoms with Crippen LogP contribution in [0.3, 0.4) is 0 Å². The zero-order chi connectivity index (χ0) is 10.0. The van der Waals surface area contributed by atoms with E-state index in [0.717, 1.165) is 4.47 Å². The van der Waals surface area contributed by atoms with Crippen molar-refractivity contribution in [1.82, 2.24) is 0 Å². The molecular formula is C11H16BrN. The molecule has 0 radical (unpaired) electrons. The predicted octanol–water partition coefficient (Wildman–Crippen LogP) is 3.59. The molecule has 0 heterocycles. The molecular weight excluding hydrogens is 226 g/mol. The highest BCUT2D eigenvalue weighted by Crippen LogP contribution is 2.27. The van der Waals surface area contributed by atoms with Crippen molar-refractivity contribution >= 4 is 15.9 Å². The highest BCUT2D eigenvalue weighted by atomic mass is 79.9. The summed E-state index contributed by atoms with van der Waals surface area (Å²) in [5, 5.41) is 0. The summed E-state index contributed by atoms with van der Waals surface area (Å²) in [5.41, 5.74) is 8.30. The van der Waals surface area contributed by atoms with E-state index in [1.165, 1.54) is 11.1 Å². The van der Waals surface area contributed by atoms with Gasteiger partial charge in [0, 0.05) is 10.5 Å². The van der Waals surface area contributed by atoms with Gasteiger partial charge in [-0.1, -0.05) is 41.9 Å². The van der Waals surface area contributed by atoms with Crippen LogP contribution >= 0.6 is 15.9 Å². The summed E-state index contributed by atoms with van der Waals surface area (Å²) in [4.78, 5) is 0. The number of nitrogens with two attached hydrogens (primary N) is 1. The lowest BCUT2D eigenvalue weighted by Gasteiger charge is -2.11. The molecule has 0 aliphatic rings. The molecule has 13 heavy (non-hydrogen) atoms. The fourth-order valence-corrected chi connectivity index (χ4v) is 2.15. The first kappa shape index (κ1) is 10.7. The minimum absolute atomic E-state index is 0.109. The minimum atomic E-state index is 0.109. The van der Waals surface area contributed by atoms with Gasteiger partial charge in [-0.15, -0.1) is 0 Å². The Morgan fingerprint density at radius 2 is 1.85 bits per heavy atom. The molecule has 1 aromatic carbocycles. The normalized spacial score (nSPS) is 13.4. The molecule has 0 spiro atoms. The first-order valence-corrected chi connectivity index (χ1v) is 5.36. The Morgan fingerprint density at radius 3 is 2.23 bits per heavy atom. The summed E-state index contributed by atoms with van der Waals surface area (Å²) in [6, 6.07) is 6.47. The first-order chi connectivity index (χ1) is 6.02. The second-order valence-electron chi connectivity index (χ2n) is 3.72.